The minimum atomic E-state index is -0.683. The zero-order valence-corrected chi connectivity index (χ0v) is 42.8. The fourth-order valence-electron chi connectivity index (χ4n) is 11.8. The van der Waals surface area contributed by atoms with E-state index < -0.39 is 11.6 Å². The number of rotatable bonds is 7. The summed E-state index contributed by atoms with van der Waals surface area (Å²) in [7, 11) is 0. The smallest absolute Gasteiger partial charge is 0.126 e. The number of halogens is 2. The Balaban J connectivity index is 1.19. The minimum Gasteiger partial charge on any atom is -0.308 e. The molecule has 0 amide bonds. The van der Waals surface area contributed by atoms with Crippen molar-refractivity contribution in [3.8, 4) is 73.1 Å². The van der Waals surface area contributed by atoms with Gasteiger partial charge in [0, 0.05) is 27.6 Å². The molecule has 0 saturated heterocycles. The van der Waals surface area contributed by atoms with Gasteiger partial charge in [0.25, 0.3) is 0 Å². The predicted molar refractivity (Wildman–Crippen MR) is 305 cm³/mol. The lowest BCUT2D eigenvalue weighted by Gasteiger charge is -2.19. The maximum atomic E-state index is 15.4. The van der Waals surface area contributed by atoms with Crippen molar-refractivity contribution in [3.63, 3.8) is 0 Å². The van der Waals surface area contributed by atoms with Gasteiger partial charge >= 0.3 is 0 Å². The van der Waals surface area contributed by atoms with Gasteiger partial charge in [-0.3, -0.25) is 0 Å². The first-order valence-corrected chi connectivity index (χ1v) is 25.2. The van der Waals surface area contributed by atoms with Gasteiger partial charge in [0.15, 0.2) is 0 Å². The Morgan fingerprint density at radius 1 is 0.284 bits per heavy atom. The number of fused-ring (bicyclic) bond motifs is 6. The van der Waals surface area contributed by atoms with Crippen LogP contribution in [0.1, 0.15) is 50.1 Å². The number of aromatic nitrogens is 2. The first-order valence-electron chi connectivity index (χ1n) is 25.2. The van der Waals surface area contributed by atoms with Gasteiger partial charge in [-0.1, -0.05) is 142 Å². The SMILES string of the molecule is Cc1cc(C)cc(-c2ccc3c(c2)c2cc(-c4cc(C)cc(C)c4)ccc2n3-c2cc(-c3cc(F)cc(F)c3)cc(-n3c4ccc(-c5cc(C)cc(C)c5)cc4c4cc(-c5cc(C)cc(C)c5)ccc43)c2C#N)c1. The summed E-state index contributed by atoms with van der Waals surface area (Å²) in [6.07, 6.45) is 0. The number of hydrogen-bond acceptors (Lipinski definition) is 1. The Bertz CT molecular complexity index is 3820. The standard InChI is InChI=1S/C69H53F2N3/c1-39-17-40(2)22-51(21-39)47-9-13-64-59(31-47)60-32-48(52-23-41(3)18-42(4)24-52)10-14-65(60)73(64)68-35-56(55-29-57(70)37-58(71)30-55)36-69(63(68)38-72)74-66-15-11-49(53-25-43(5)19-44(6)26-53)33-61(66)62-34-50(12-16-67(62)74)54-27-45(7)20-46(8)28-54/h9-37H,1-8H3. The molecule has 74 heavy (non-hydrogen) atoms. The molecular weight excluding hydrogens is 909 g/mol. The second-order valence-corrected chi connectivity index (χ2v) is 20.8. The van der Waals surface area contributed by atoms with Crippen LogP contribution < -0.4 is 0 Å². The van der Waals surface area contributed by atoms with Crippen LogP contribution in [0.3, 0.4) is 0 Å². The van der Waals surface area contributed by atoms with E-state index in [2.05, 4.69) is 216 Å². The molecule has 0 N–H and O–H groups in total. The minimum absolute atomic E-state index is 0.361. The summed E-state index contributed by atoms with van der Waals surface area (Å²) < 4.78 is 35.2. The van der Waals surface area contributed by atoms with Gasteiger partial charge < -0.3 is 9.13 Å². The lowest BCUT2D eigenvalue weighted by Crippen LogP contribution is -2.05. The average molecular weight is 962 g/mol. The van der Waals surface area contributed by atoms with E-state index in [1.807, 2.05) is 12.1 Å². The van der Waals surface area contributed by atoms with Crippen LogP contribution in [-0.4, -0.2) is 9.13 Å². The number of benzene rings is 10. The molecule has 358 valence electrons. The van der Waals surface area contributed by atoms with Crippen molar-refractivity contribution >= 4 is 43.6 Å². The molecule has 0 fully saturated rings. The topological polar surface area (TPSA) is 33.6 Å². The number of hydrogen-bond donors (Lipinski definition) is 0. The molecule has 2 aromatic heterocycles. The monoisotopic (exact) mass is 961 g/mol. The molecule has 5 heteroatoms. The molecule has 2 heterocycles. The molecular formula is C69H53F2N3. The molecule has 0 bridgehead atoms. The van der Waals surface area contributed by atoms with Crippen LogP contribution >= 0.6 is 0 Å². The van der Waals surface area contributed by atoms with Crippen LogP contribution in [0.4, 0.5) is 8.78 Å². The molecule has 10 aromatic carbocycles. The van der Waals surface area contributed by atoms with E-state index in [1.54, 1.807) is 0 Å². The summed E-state index contributed by atoms with van der Waals surface area (Å²) in [6.45, 7) is 17.0. The predicted octanol–water partition coefficient (Wildman–Crippen LogP) is 18.8. The molecule has 0 aliphatic rings. The van der Waals surface area contributed by atoms with Gasteiger partial charge in [0.2, 0.25) is 0 Å². The molecule has 0 radical (unpaired) electrons. The maximum absolute atomic E-state index is 15.4. The third-order valence-electron chi connectivity index (χ3n) is 14.6. The van der Waals surface area contributed by atoms with Crippen LogP contribution in [-0.2, 0) is 0 Å². The highest BCUT2D eigenvalue weighted by molar-refractivity contribution is 6.14. The summed E-state index contributed by atoms with van der Waals surface area (Å²) >= 11 is 0. The Morgan fingerprint density at radius 3 is 0.784 bits per heavy atom. The Morgan fingerprint density at radius 2 is 0.527 bits per heavy atom. The van der Waals surface area contributed by atoms with E-state index in [9.17, 15) is 5.26 Å². The molecule has 0 spiro atoms. The zero-order valence-electron chi connectivity index (χ0n) is 42.8. The molecule has 0 atom stereocenters. The van der Waals surface area contributed by atoms with Crippen LogP contribution in [0.5, 0.6) is 0 Å². The van der Waals surface area contributed by atoms with E-state index in [4.69, 9.17) is 0 Å². The summed E-state index contributed by atoms with van der Waals surface area (Å²) in [5.74, 6) is -1.37. The Hall–Kier alpha value is -8.85. The van der Waals surface area contributed by atoms with Crippen molar-refractivity contribution in [2.45, 2.75) is 55.4 Å². The molecule has 12 rings (SSSR count). The molecule has 0 saturated carbocycles. The van der Waals surface area contributed by atoms with Crippen LogP contribution in [0.2, 0.25) is 0 Å². The second kappa shape index (κ2) is 17.7. The highest BCUT2D eigenvalue weighted by Crippen LogP contribution is 2.44. The average Bonchev–Trinajstić information content (AvgIpc) is 3.86. The quantitative estimate of drug-likeness (QED) is 0.157. The van der Waals surface area contributed by atoms with Crippen molar-refractivity contribution in [2.75, 3.05) is 0 Å². The maximum Gasteiger partial charge on any atom is 0.126 e. The number of nitriles is 1. The van der Waals surface area contributed by atoms with E-state index >= 15 is 8.78 Å². The van der Waals surface area contributed by atoms with E-state index in [0.29, 0.717) is 28.1 Å². The van der Waals surface area contributed by atoms with Crippen molar-refractivity contribution < 1.29 is 8.78 Å². The lowest BCUT2D eigenvalue weighted by molar-refractivity contribution is 0.584. The fraction of sp³-hybridized carbons (Fsp3) is 0.116. The first kappa shape index (κ1) is 46.2. The third kappa shape index (κ3) is 8.14. The second-order valence-electron chi connectivity index (χ2n) is 20.8. The molecule has 0 unspecified atom stereocenters. The van der Waals surface area contributed by atoms with Crippen molar-refractivity contribution in [1.29, 1.82) is 5.26 Å². The Kier molecular flexibility index (Phi) is 11.1. The van der Waals surface area contributed by atoms with Gasteiger partial charge in [-0.15, -0.1) is 0 Å². The third-order valence-corrected chi connectivity index (χ3v) is 14.6. The summed E-state index contributed by atoms with van der Waals surface area (Å²) in [6, 6.07) is 63.0. The summed E-state index contributed by atoms with van der Waals surface area (Å²) in [4.78, 5) is 0. The van der Waals surface area contributed by atoms with E-state index in [0.717, 1.165) is 94.2 Å². The number of aryl methyl sites for hydroxylation is 8. The first-order chi connectivity index (χ1) is 35.6. The Labute approximate surface area is 430 Å². The van der Waals surface area contributed by atoms with Crippen molar-refractivity contribution in [2.24, 2.45) is 0 Å². The molecule has 0 aliphatic carbocycles. The van der Waals surface area contributed by atoms with Crippen molar-refractivity contribution in [1.82, 2.24) is 9.13 Å². The van der Waals surface area contributed by atoms with Crippen LogP contribution in [0, 0.1) is 78.4 Å². The normalized spacial score (nSPS) is 11.6. The van der Waals surface area contributed by atoms with E-state index in [1.165, 1.54) is 56.6 Å². The number of nitrogens with zero attached hydrogens (tertiary/aromatic N) is 3. The molecule has 0 aliphatic heterocycles. The highest BCUT2D eigenvalue weighted by atomic mass is 19.1. The van der Waals surface area contributed by atoms with Crippen LogP contribution in [0.25, 0.3) is 111 Å². The fourth-order valence-corrected chi connectivity index (χ4v) is 11.8. The van der Waals surface area contributed by atoms with Gasteiger partial charge in [0.05, 0.1) is 33.4 Å². The van der Waals surface area contributed by atoms with Crippen molar-refractivity contribution in [3.05, 3.63) is 238 Å². The molecule has 12 aromatic rings. The molecule has 3 nitrogen and oxygen atoms in total. The van der Waals surface area contributed by atoms with Gasteiger partial charge in [0.1, 0.15) is 23.3 Å². The highest BCUT2D eigenvalue weighted by Gasteiger charge is 2.24. The van der Waals surface area contributed by atoms with Gasteiger partial charge in [-0.2, -0.15) is 5.26 Å². The zero-order chi connectivity index (χ0) is 51.3. The van der Waals surface area contributed by atoms with Crippen LogP contribution in [0.15, 0.2) is 176 Å². The van der Waals surface area contributed by atoms with E-state index in [-0.39, 0.29) is 0 Å². The summed E-state index contributed by atoms with van der Waals surface area (Å²) in [5, 5.41) is 15.9. The van der Waals surface area contributed by atoms with Gasteiger partial charge in [-0.05, 0) is 184 Å². The summed E-state index contributed by atoms with van der Waals surface area (Å²) in [5.41, 5.74) is 24.4. The van der Waals surface area contributed by atoms with Gasteiger partial charge in [-0.25, -0.2) is 8.78 Å². The lowest BCUT2D eigenvalue weighted by atomic mass is 9.97. The largest absolute Gasteiger partial charge is 0.308 e.